The maximum absolute atomic E-state index is 5.98. The molecule has 0 radical (unpaired) electrons. The lowest BCUT2D eigenvalue weighted by Crippen LogP contribution is -2.29. The molecule has 3 N–H and O–H groups in total. The SMILES string of the molecule is Cc1cc(C(CC(C)C)NN)ccc1Cl. The molecule has 0 saturated heterocycles. The number of benzene rings is 1. The largest absolute Gasteiger partial charge is 0.271 e. The number of halogens is 1. The predicted molar refractivity (Wildman–Crippen MR) is 65.7 cm³/mol. The summed E-state index contributed by atoms with van der Waals surface area (Å²) in [5, 5.41) is 0.805. The molecule has 1 unspecified atom stereocenters. The van der Waals surface area contributed by atoms with Crippen LogP contribution in [0.3, 0.4) is 0 Å². The third kappa shape index (κ3) is 3.49. The summed E-state index contributed by atoms with van der Waals surface area (Å²) in [4.78, 5) is 0. The number of nitrogens with one attached hydrogen (secondary N) is 1. The molecule has 0 aliphatic heterocycles. The number of hydrogen-bond donors (Lipinski definition) is 2. The van der Waals surface area contributed by atoms with Gasteiger partial charge in [-0.2, -0.15) is 0 Å². The average Bonchev–Trinajstić information content (AvgIpc) is 2.18. The Bertz CT molecular complexity index is 323. The van der Waals surface area contributed by atoms with Crippen molar-refractivity contribution in [2.24, 2.45) is 11.8 Å². The predicted octanol–water partition coefficient (Wildman–Crippen LogP) is 3.20. The normalized spacial score (nSPS) is 13.2. The van der Waals surface area contributed by atoms with Crippen LogP contribution in [0.2, 0.25) is 5.02 Å². The summed E-state index contributed by atoms with van der Waals surface area (Å²) in [6, 6.07) is 6.26. The molecular formula is C12H19ClN2. The lowest BCUT2D eigenvalue weighted by atomic mass is 9.96. The summed E-state index contributed by atoms with van der Waals surface area (Å²) in [6.45, 7) is 6.38. The van der Waals surface area contributed by atoms with E-state index in [1.54, 1.807) is 0 Å². The fourth-order valence-electron chi connectivity index (χ4n) is 1.66. The van der Waals surface area contributed by atoms with Crippen LogP contribution in [0.5, 0.6) is 0 Å². The molecule has 1 aromatic carbocycles. The molecule has 1 aromatic rings. The molecule has 0 bridgehead atoms. The quantitative estimate of drug-likeness (QED) is 0.611. The fraction of sp³-hybridized carbons (Fsp3) is 0.500. The molecule has 1 atom stereocenters. The first-order valence-corrected chi connectivity index (χ1v) is 5.64. The zero-order valence-corrected chi connectivity index (χ0v) is 10.3. The van der Waals surface area contributed by atoms with Gasteiger partial charge in [0, 0.05) is 11.1 Å². The van der Waals surface area contributed by atoms with Crippen molar-refractivity contribution < 1.29 is 0 Å². The second-order valence-electron chi connectivity index (χ2n) is 4.36. The van der Waals surface area contributed by atoms with Crippen molar-refractivity contribution in [3.8, 4) is 0 Å². The smallest absolute Gasteiger partial charge is 0.0462 e. The maximum atomic E-state index is 5.98. The molecule has 15 heavy (non-hydrogen) atoms. The van der Waals surface area contributed by atoms with Gasteiger partial charge in [-0.3, -0.25) is 11.3 Å². The Kier molecular flexibility index (Phi) is 4.58. The highest BCUT2D eigenvalue weighted by atomic mass is 35.5. The van der Waals surface area contributed by atoms with Gasteiger partial charge in [0.2, 0.25) is 0 Å². The maximum Gasteiger partial charge on any atom is 0.0462 e. The van der Waals surface area contributed by atoms with E-state index in [1.807, 2.05) is 19.1 Å². The van der Waals surface area contributed by atoms with Crippen LogP contribution < -0.4 is 11.3 Å². The number of aryl methyl sites for hydroxylation is 1. The first-order chi connectivity index (χ1) is 7.04. The Morgan fingerprint density at radius 1 is 1.40 bits per heavy atom. The number of nitrogens with two attached hydrogens (primary N) is 1. The van der Waals surface area contributed by atoms with Gasteiger partial charge in [-0.15, -0.1) is 0 Å². The molecule has 2 nitrogen and oxygen atoms in total. The molecule has 84 valence electrons. The van der Waals surface area contributed by atoms with Crippen LogP contribution in [-0.2, 0) is 0 Å². The van der Waals surface area contributed by atoms with Gasteiger partial charge in [-0.05, 0) is 36.5 Å². The Morgan fingerprint density at radius 3 is 2.53 bits per heavy atom. The van der Waals surface area contributed by atoms with Crippen molar-refractivity contribution in [3.63, 3.8) is 0 Å². The summed E-state index contributed by atoms with van der Waals surface area (Å²) in [6.07, 6.45) is 1.03. The number of hydrazine groups is 1. The second kappa shape index (κ2) is 5.50. The minimum absolute atomic E-state index is 0.209. The summed E-state index contributed by atoms with van der Waals surface area (Å²) < 4.78 is 0. The van der Waals surface area contributed by atoms with Gasteiger partial charge >= 0.3 is 0 Å². The standard InChI is InChI=1S/C12H19ClN2/c1-8(2)6-12(15-14)10-4-5-11(13)9(3)7-10/h4-5,7-8,12,15H,6,14H2,1-3H3. The summed E-state index contributed by atoms with van der Waals surface area (Å²) >= 11 is 5.98. The van der Waals surface area contributed by atoms with Gasteiger partial charge in [0.1, 0.15) is 0 Å². The molecule has 0 amide bonds. The zero-order valence-electron chi connectivity index (χ0n) is 9.55. The zero-order chi connectivity index (χ0) is 11.4. The molecule has 0 aromatic heterocycles. The van der Waals surface area contributed by atoms with E-state index >= 15 is 0 Å². The Morgan fingerprint density at radius 2 is 2.07 bits per heavy atom. The minimum atomic E-state index is 0.209. The van der Waals surface area contributed by atoms with Crippen molar-refractivity contribution in [1.82, 2.24) is 5.43 Å². The first kappa shape index (κ1) is 12.5. The molecule has 0 spiro atoms. The van der Waals surface area contributed by atoms with Crippen LogP contribution in [0.4, 0.5) is 0 Å². The van der Waals surface area contributed by atoms with Gasteiger partial charge in [0.25, 0.3) is 0 Å². The van der Waals surface area contributed by atoms with Crippen molar-refractivity contribution >= 4 is 11.6 Å². The highest BCUT2D eigenvalue weighted by Crippen LogP contribution is 2.24. The van der Waals surface area contributed by atoms with Gasteiger partial charge in [-0.25, -0.2) is 0 Å². The van der Waals surface area contributed by atoms with E-state index in [-0.39, 0.29) is 6.04 Å². The summed E-state index contributed by atoms with van der Waals surface area (Å²) in [5.41, 5.74) is 5.15. The minimum Gasteiger partial charge on any atom is -0.271 e. The Balaban J connectivity index is 2.87. The van der Waals surface area contributed by atoms with E-state index in [1.165, 1.54) is 5.56 Å². The van der Waals surface area contributed by atoms with Crippen LogP contribution in [0.1, 0.15) is 37.4 Å². The van der Waals surface area contributed by atoms with Gasteiger partial charge in [0.05, 0.1) is 0 Å². The van der Waals surface area contributed by atoms with Crippen molar-refractivity contribution in [2.75, 3.05) is 0 Å². The highest BCUT2D eigenvalue weighted by Gasteiger charge is 2.12. The topological polar surface area (TPSA) is 38.0 Å². The van der Waals surface area contributed by atoms with Crippen molar-refractivity contribution in [2.45, 2.75) is 33.2 Å². The Labute approximate surface area is 96.8 Å². The molecule has 0 fully saturated rings. The molecule has 0 aliphatic rings. The molecule has 0 heterocycles. The fourth-order valence-corrected chi connectivity index (χ4v) is 1.77. The molecule has 0 aliphatic carbocycles. The third-order valence-electron chi connectivity index (χ3n) is 2.49. The van der Waals surface area contributed by atoms with E-state index in [2.05, 4.69) is 25.3 Å². The van der Waals surface area contributed by atoms with Gasteiger partial charge in [0.15, 0.2) is 0 Å². The number of hydrogen-bond acceptors (Lipinski definition) is 2. The van der Waals surface area contributed by atoms with Gasteiger partial charge < -0.3 is 0 Å². The van der Waals surface area contributed by atoms with E-state index < -0.39 is 0 Å². The number of rotatable bonds is 4. The van der Waals surface area contributed by atoms with E-state index in [0.29, 0.717) is 5.92 Å². The van der Waals surface area contributed by atoms with Crippen LogP contribution in [0, 0.1) is 12.8 Å². The lowest BCUT2D eigenvalue weighted by Gasteiger charge is -2.19. The summed E-state index contributed by atoms with van der Waals surface area (Å²) in [7, 11) is 0. The molecule has 1 rings (SSSR count). The van der Waals surface area contributed by atoms with Crippen LogP contribution in [-0.4, -0.2) is 0 Å². The Hall–Kier alpha value is -0.570. The van der Waals surface area contributed by atoms with Crippen molar-refractivity contribution in [3.05, 3.63) is 34.3 Å². The molecular weight excluding hydrogens is 208 g/mol. The van der Waals surface area contributed by atoms with E-state index in [0.717, 1.165) is 17.0 Å². The van der Waals surface area contributed by atoms with Crippen LogP contribution in [0.15, 0.2) is 18.2 Å². The van der Waals surface area contributed by atoms with Gasteiger partial charge in [-0.1, -0.05) is 37.6 Å². The van der Waals surface area contributed by atoms with Crippen LogP contribution in [0.25, 0.3) is 0 Å². The van der Waals surface area contributed by atoms with E-state index in [9.17, 15) is 0 Å². The van der Waals surface area contributed by atoms with Crippen LogP contribution >= 0.6 is 11.6 Å². The molecule has 0 saturated carbocycles. The monoisotopic (exact) mass is 226 g/mol. The average molecular weight is 227 g/mol. The molecule has 3 heteroatoms. The lowest BCUT2D eigenvalue weighted by molar-refractivity contribution is 0.438. The summed E-state index contributed by atoms with van der Waals surface area (Å²) in [5.74, 6) is 6.17. The second-order valence-corrected chi connectivity index (χ2v) is 4.76. The third-order valence-corrected chi connectivity index (χ3v) is 2.92. The van der Waals surface area contributed by atoms with E-state index in [4.69, 9.17) is 17.4 Å². The van der Waals surface area contributed by atoms with Crippen molar-refractivity contribution in [1.29, 1.82) is 0 Å². The highest BCUT2D eigenvalue weighted by molar-refractivity contribution is 6.31. The first-order valence-electron chi connectivity index (χ1n) is 5.26.